The van der Waals surface area contributed by atoms with E-state index in [1.165, 1.54) is 0 Å². The van der Waals surface area contributed by atoms with E-state index >= 15 is 0 Å². The number of alkyl halides is 3. The number of halogens is 3. The molecular formula is C8H9F3O3S. The van der Waals surface area contributed by atoms with Crippen LogP contribution < -0.4 is 0 Å². The first-order chi connectivity index (χ1) is 6.81. The molecule has 2 aliphatic carbocycles. The zero-order valence-corrected chi connectivity index (χ0v) is 8.38. The first kappa shape index (κ1) is 9.89. The number of fused-ring (bicyclic) bond motifs is 1. The third-order valence-electron chi connectivity index (χ3n) is 3.84. The fourth-order valence-electron chi connectivity index (χ4n) is 3.44. The Morgan fingerprint density at radius 3 is 2.47 bits per heavy atom. The van der Waals surface area contributed by atoms with Gasteiger partial charge in [-0.2, -0.15) is 21.6 Å². The molecule has 1 saturated heterocycles. The molecule has 1 aliphatic heterocycles. The van der Waals surface area contributed by atoms with Crippen molar-refractivity contribution in [3.8, 4) is 0 Å². The highest BCUT2D eigenvalue weighted by Crippen LogP contribution is 2.61. The number of hydrogen-bond donors (Lipinski definition) is 0. The Labute approximate surface area is 84.7 Å². The molecule has 1 heterocycles. The van der Waals surface area contributed by atoms with Crippen molar-refractivity contribution >= 4 is 10.1 Å². The van der Waals surface area contributed by atoms with Crippen molar-refractivity contribution in [3.05, 3.63) is 0 Å². The average molecular weight is 242 g/mol. The highest BCUT2D eigenvalue weighted by molar-refractivity contribution is 7.87. The summed E-state index contributed by atoms with van der Waals surface area (Å²) in [6.45, 7) is 0. The minimum atomic E-state index is -4.42. The maximum atomic E-state index is 12.7. The Hall–Kier alpha value is -0.300. The maximum Gasteiger partial charge on any atom is 0.393 e. The van der Waals surface area contributed by atoms with E-state index in [2.05, 4.69) is 0 Å². The summed E-state index contributed by atoms with van der Waals surface area (Å²) in [5.41, 5.74) is 0. The van der Waals surface area contributed by atoms with Gasteiger partial charge in [0.05, 0.1) is 12.0 Å². The minimum Gasteiger partial charge on any atom is -0.266 e. The second-order valence-electron chi connectivity index (χ2n) is 4.55. The molecule has 0 N–H and O–H groups in total. The minimum absolute atomic E-state index is 0.241. The van der Waals surface area contributed by atoms with Gasteiger partial charge in [-0.05, 0) is 18.8 Å². The molecular weight excluding hydrogens is 233 g/mol. The predicted octanol–water partition coefficient (Wildman–Crippen LogP) is 1.30. The van der Waals surface area contributed by atoms with Gasteiger partial charge in [-0.3, -0.25) is 4.18 Å². The van der Waals surface area contributed by atoms with Crippen LogP contribution in [0.5, 0.6) is 0 Å². The van der Waals surface area contributed by atoms with Crippen molar-refractivity contribution in [3.63, 3.8) is 0 Å². The smallest absolute Gasteiger partial charge is 0.266 e. The third-order valence-corrected chi connectivity index (χ3v) is 5.67. The Kier molecular flexibility index (Phi) is 1.65. The normalized spacial score (nSPS) is 51.3. The first-order valence-electron chi connectivity index (χ1n) is 4.79. The van der Waals surface area contributed by atoms with Gasteiger partial charge < -0.3 is 0 Å². The Morgan fingerprint density at radius 1 is 1.20 bits per heavy atom. The van der Waals surface area contributed by atoms with Crippen molar-refractivity contribution in [1.29, 1.82) is 0 Å². The van der Waals surface area contributed by atoms with Gasteiger partial charge in [0.2, 0.25) is 0 Å². The Bertz CT molecular complexity index is 400. The molecule has 3 aliphatic rings. The number of hydrogen-bond acceptors (Lipinski definition) is 3. The van der Waals surface area contributed by atoms with Gasteiger partial charge >= 0.3 is 6.18 Å². The lowest BCUT2D eigenvalue weighted by molar-refractivity contribution is -0.185. The molecule has 5 atom stereocenters. The molecule has 3 fully saturated rings. The van der Waals surface area contributed by atoms with Crippen LogP contribution in [0.1, 0.15) is 12.8 Å². The molecule has 86 valence electrons. The summed E-state index contributed by atoms with van der Waals surface area (Å²) < 4.78 is 65.6. The predicted molar refractivity (Wildman–Crippen MR) is 43.3 cm³/mol. The van der Waals surface area contributed by atoms with E-state index < -0.39 is 45.4 Å². The van der Waals surface area contributed by atoms with Gasteiger partial charge in [-0.15, -0.1) is 0 Å². The van der Waals surface area contributed by atoms with Crippen LogP contribution in [0.4, 0.5) is 13.2 Å². The van der Waals surface area contributed by atoms with E-state index in [0.29, 0.717) is 6.42 Å². The van der Waals surface area contributed by atoms with E-state index in [1.54, 1.807) is 0 Å². The molecule has 2 bridgehead atoms. The summed E-state index contributed by atoms with van der Waals surface area (Å²) in [6, 6.07) is 0. The molecule has 0 aromatic heterocycles. The molecule has 0 aromatic carbocycles. The third kappa shape index (κ3) is 1.13. The SMILES string of the molecule is O=S1(=O)OC2CC3CC2C1C3C(F)(F)F. The molecule has 0 amide bonds. The van der Waals surface area contributed by atoms with E-state index in [1.807, 2.05) is 0 Å². The summed E-state index contributed by atoms with van der Waals surface area (Å²) in [4.78, 5) is 0. The molecule has 3 nitrogen and oxygen atoms in total. The van der Waals surface area contributed by atoms with Crippen LogP contribution in [-0.4, -0.2) is 25.9 Å². The first-order valence-corrected chi connectivity index (χ1v) is 6.26. The molecule has 3 rings (SSSR count). The fourth-order valence-corrected chi connectivity index (χ4v) is 5.58. The Balaban J connectivity index is 2.07. The lowest BCUT2D eigenvalue weighted by Crippen LogP contribution is -2.40. The second-order valence-corrected chi connectivity index (χ2v) is 6.28. The quantitative estimate of drug-likeness (QED) is 0.601. The van der Waals surface area contributed by atoms with Crippen LogP contribution in [0.3, 0.4) is 0 Å². The van der Waals surface area contributed by atoms with E-state index in [-0.39, 0.29) is 6.42 Å². The molecule has 0 radical (unpaired) electrons. The van der Waals surface area contributed by atoms with Crippen molar-refractivity contribution in [1.82, 2.24) is 0 Å². The summed E-state index contributed by atoms with van der Waals surface area (Å²) in [7, 11) is -3.98. The monoisotopic (exact) mass is 242 g/mol. The van der Waals surface area contributed by atoms with Gasteiger partial charge in [0, 0.05) is 5.92 Å². The van der Waals surface area contributed by atoms with E-state index in [0.717, 1.165) is 0 Å². The standard InChI is InChI=1S/C8H9F3O3S/c9-8(10,11)6-3-1-4-5(2-3)14-15(12,13)7(4)6/h3-7H,1-2H2. The van der Waals surface area contributed by atoms with Crippen molar-refractivity contribution in [2.75, 3.05) is 0 Å². The molecule has 0 spiro atoms. The molecule has 7 heteroatoms. The van der Waals surface area contributed by atoms with Crippen LogP contribution in [0.25, 0.3) is 0 Å². The van der Waals surface area contributed by atoms with Crippen LogP contribution in [-0.2, 0) is 14.3 Å². The second kappa shape index (κ2) is 2.51. The fraction of sp³-hybridized carbons (Fsp3) is 1.00. The van der Waals surface area contributed by atoms with E-state index in [9.17, 15) is 21.6 Å². The van der Waals surface area contributed by atoms with Gasteiger partial charge in [-0.1, -0.05) is 0 Å². The highest BCUT2D eigenvalue weighted by atomic mass is 32.2. The maximum absolute atomic E-state index is 12.7. The average Bonchev–Trinajstić information content (AvgIpc) is 2.58. The van der Waals surface area contributed by atoms with Gasteiger partial charge in [0.1, 0.15) is 5.25 Å². The largest absolute Gasteiger partial charge is 0.393 e. The summed E-state index contributed by atoms with van der Waals surface area (Å²) in [6.07, 6.45) is -4.32. The molecule has 5 unspecified atom stereocenters. The number of rotatable bonds is 0. The van der Waals surface area contributed by atoms with Crippen molar-refractivity contribution in [2.45, 2.75) is 30.4 Å². The molecule has 0 aromatic rings. The lowest BCUT2D eigenvalue weighted by atomic mass is 9.86. The van der Waals surface area contributed by atoms with Crippen LogP contribution in [0.15, 0.2) is 0 Å². The summed E-state index contributed by atoms with van der Waals surface area (Å²) in [5.74, 6) is -2.68. The topological polar surface area (TPSA) is 43.4 Å². The summed E-state index contributed by atoms with van der Waals surface area (Å²) >= 11 is 0. The Morgan fingerprint density at radius 2 is 1.87 bits per heavy atom. The van der Waals surface area contributed by atoms with Crippen LogP contribution in [0, 0.1) is 17.8 Å². The summed E-state index contributed by atoms with van der Waals surface area (Å²) in [5, 5.41) is -1.33. The van der Waals surface area contributed by atoms with Gasteiger partial charge in [0.25, 0.3) is 10.1 Å². The van der Waals surface area contributed by atoms with Gasteiger partial charge in [-0.25, -0.2) is 0 Å². The van der Waals surface area contributed by atoms with Gasteiger partial charge in [0.15, 0.2) is 0 Å². The highest BCUT2D eigenvalue weighted by Gasteiger charge is 2.70. The lowest BCUT2D eigenvalue weighted by Gasteiger charge is -2.26. The van der Waals surface area contributed by atoms with Crippen LogP contribution >= 0.6 is 0 Å². The van der Waals surface area contributed by atoms with Crippen molar-refractivity contribution in [2.24, 2.45) is 17.8 Å². The molecule has 15 heavy (non-hydrogen) atoms. The van der Waals surface area contributed by atoms with E-state index in [4.69, 9.17) is 4.18 Å². The zero-order chi connectivity index (χ0) is 11.0. The van der Waals surface area contributed by atoms with Crippen LogP contribution in [0.2, 0.25) is 0 Å². The molecule has 2 saturated carbocycles. The van der Waals surface area contributed by atoms with Crippen molar-refractivity contribution < 1.29 is 25.8 Å². The zero-order valence-electron chi connectivity index (χ0n) is 7.57.